The standard InChI is InChI=1S/C38H76O3/c1-9-33(4)22-16-14-12-10-11-13-15-17-29-40-31-38(37(8)39)41-30-28-36(7)27-20-26-35(6)25-19-24-34(5)23-18-21-32(2)3/h32-36,38H,9-31H2,1-8H3. The van der Waals surface area contributed by atoms with Gasteiger partial charge in [0.25, 0.3) is 0 Å². The smallest absolute Gasteiger partial charge is 0.160 e. The number of carbonyl (C=O) groups is 1. The summed E-state index contributed by atoms with van der Waals surface area (Å²) in [4.78, 5) is 12.0. The largest absolute Gasteiger partial charge is 0.378 e. The van der Waals surface area contributed by atoms with Gasteiger partial charge in [-0.05, 0) is 49.4 Å². The van der Waals surface area contributed by atoms with Crippen molar-refractivity contribution < 1.29 is 14.3 Å². The molecule has 0 spiro atoms. The molecule has 246 valence electrons. The van der Waals surface area contributed by atoms with Gasteiger partial charge in [0.1, 0.15) is 6.10 Å². The highest BCUT2D eigenvalue weighted by Gasteiger charge is 2.16. The Morgan fingerprint density at radius 2 is 0.951 bits per heavy atom. The number of ketones is 1. The van der Waals surface area contributed by atoms with Gasteiger partial charge in [0.05, 0.1) is 6.61 Å². The summed E-state index contributed by atoms with van der Waals surface area (Å²) in [6.45, 7) is 20.0. The van der Waals surface area contributed by atoms with Crippen LogP contribution in [0, 0.1) is 29.6 Å². The van der Waals surface area contributed by atoms with Crippen LogP contribution in [0.3, 0.4) is 0 Å². The molecule has 0 aromatic carbocycles. The predicted octanol–water partition coefficient (Wildman–Crippen LogP) is 12.0. The normalized spacial score (nSPS) is 15.6. The molecule has 0 N–H and O–H groups in total. The highest BCUT2D eigenvalue weighted by molar-refractivity contribution is 5.80. The van der Waals surface area contributed by atoms with Gasteiger partial charge < -0.3 is 9.47 Å². The van der Waals surface area contributed by atoms with Crippen LogP contribution in [0.4, 0.5) is 0 Å². The zero-order chi connectivity index (χ0) is 30.7. The van der Waals surface area contributed by atoms with Crippen molar-refractivity contribution >= 4 is 5.78 Å². The van der Waals surface area contributed by atoms with Crippen molar-refractivity contribution in [2.45, 2.75) is 190 Å². The second-order valence-electron chi connectivity index (χ2n) is 14.5. The van der Waals surface area contributed by atoms with Crippen molar-refractivity contribution in [2.75, 3.05) is 19.8 Å². The summed E-state index contributed by atoms with van der Waals surface area (Å²) in [5.41, 5.74) is 0. The van der Waals surface area contributed by atoms with E-state index in [1.165, 1.54) is 116 Å². The minimum atomic E-state index is -0.398. The molecule has 0 bridgehead atoms. The molecule has 41 heavy (non-hydrogen) atoms. The Morgan fingerprint density at radius 3 is 1.44 bits per heavy atom. The summed E-state index contributed by atoms with van der Waals surface area (Å²) >= 11 is 0. The van der Waals surface area contributed by atoms with Crippen molar-refractivity contribution in [3.8, 4) is 0 Å². The Bertz CT molecular complexity index is 560. The maximum absolute atomic E-state index is 12.0. The van der Waals surface area contributed by atoms with E-state index >= 15 is 0 Å². The molecule has 0 saturated heterocycles. The second-order valence-corrected chi connectivity index (χ2v) is 14.5. The molecule has 0 rings (SSSR count). The Hall–Kier alpha value is -0.410. The van der Waals surface area contributed by atoms with E-state index in [1.807, 2.05) is 0 Å². The molecule has 5 atom stereocenters. The summed E-state index contributed by atoms with van der Waals surface area (Å²) in [5.74, 6) is 4.21. The van der Waals surface area contributed by atoms with E-state index < -0.39 is 6.10 Å². The Morgan fingerprint density at radius 1 is 0.512 bits per heavy atom. The lowest BCUT2D eigenvalue weighted by atomic mass is 9.91. The van der Waals surface area contributed by atoms with E-state index in [2.05, 4.69) is 48.5 Å². The first-order chi connectivity index (χ1) is 19.6. The molecule has 0 amide bonds. The summed E-state index contributed by atoms with van der Waals surface area (Å²) in [6, 6.07) is 0. The molecule has 0 aliphatic carbocycles. The molecular formula is C38H76O3. The van der Waals surface area contributed by atoms with Crippen LogP contribution >= 0.6 is 0 Å². The number of rotatable bonds is 31. The number of carbonyl (C=O) groups excluding carboxylic acids is 1. The van der Waals surface area contributed by atoms with Crippen LogP contribution in [0.5, 0.6) is 0 Å². The Balaban J connectivity index is 3.72. The maximum Gasteiger partial charge on any atom is 0.160 e. The molecule has 0 aliphatic rings. The van der Waals surface area contributed by atoms with Gasteiger partial charge in [-0.3, -0.25) is 4.79 Å². The quantitative estimate of drug-likeness (QED) is 0.0765. The SMILES string of the molecule is CCC(C)CCCCCCCCCCOCC(OCCC(C)CCCC(C)CCCC(C)CCCC(C)C)C(C)=O. The van der Waals surface area contributed by atoms with E-state index in [0.29, 0.717) is 19.1 Å². The van der Waals surface area contributed by atoms with Crippen molar-refractivity contribution in [1.82, 2.24) is 0 Å². The Kier molecular flexibility index (Phi) is 28.1. The van der Waals surface area contributed by atoms with Gasteiger partial charge in [0.15, 0.2) is 5.78 Å². The van der Waals surface area contributed by atoms with Gasteiger partial charge in [-0.15, -0.1) is 0 Å². The number of ether oxygens (including phenoxy) is 2. The summed E-state index contributed by atoms with van der Waals surface area (Å²) in [6.07, 6.45) is 26.1. The second kappa shape index (κ2) is 28.4. The first-order valence-electron chi connectivity index (χ1n) is 18.3. The number of hydrogen-bond donors (Lipinski definition) is 0. The minimum Gasteiger partial charge on any atom is -0.378 e. The average molecular weight is 581 g/mol. The third kappa shape index (κ3) is 28.1. The highest BCUT2D eigenvalue weighted by Crippen LogP contribution is 2.23. The van der Waals surface area contributed by atoms with E-state index in [1.54, 1.807) is 6.92 Å². The van der Waals surface area contributed by atoms with E-state index in [4.69, 9.17) is 9.47 Å². The molecule has 3 nitrogen and oxygen atoms in total. The number of Topliss-reactive ketones (excluding diaryl/α,β-unsaturated/α-hetero) is 1. The topological polar surface area (TPSA) is 35.5 Å². The van der Waals surface area contributed by atoms with Crippen LogP contribution in [0.1, 0.15) is 184 Å². The van der Waals surface area contributed by atoms with Gasteiger partial charge in [0.2, 0.25) is 0 Å². The zero-order valence-electron chi connectivity index (χ0n) is 29.5. The molecule has 0 fully saturated rings. The Labute approximate surface area is 259 Å². The first-order valence-corrected chi connectivity index (χ1v) is 18.3. The minimum absolute atomic E-state index is 0.0917. The number of hydrogen-bond acceptors (Lipinski definition) is 3. The molecule has 0 heterocycles. The van der Waals surface area contributed by atoms with Crippen molar-refractivity contribution in [3.63, 3.8) is 0 Å². The average Bonchev–Trinajstić information content (AvgIpc) is 2.92. The molecular weight excluding hydrogens is 504 g/mol. The fourth-order valence-corrected chi connectivity index (χ4v) is 5.78. The van der Waals surface area contributed by atoms with Gasteiger partial charge in [-0.2, -0.15) is 0 Å². The van der Waals surface area contributed by atoms with E-state index in [9.17, 15) is 4.79 Å². The van der Waals surface area contributed by atoms with Crippen LogP contribution in [-0.4, -0.2) is 31.7 Å². The van der Waals surface area contributed by atoms with Crippen molar-refractivity contribution in [3.05, 3.63) is 0 Å². The summed E-state index contributed by atoms with van der Waals surface area (Å²) in [5, 5.41) is 0. The van der Waals surface area contributed by atoms with E-state index in [0.717, 1.165) is 43.1 Å². The number of unbranched alkanes of at least 4 members (excludes halogenated alkanes) is 7. The molecule has 0 aromatic heterocycles. The van der Waals surface area contributed by atoms with Crippen LogP contribution in [0.15, 0.2) is 0 Å². The lowest BCUT2D eigenvalue weighted by molar-refractivity contribution is -0.132. The van der Waals surface area contributed by atoms with Crippen LogP contribution in [0.2, 0.25) is 0 Å². The van der Waals surface area contributed by atoms with Gasteiger partial charge >= 0.3 is 0 Å². The van der Waals surface area contributed by atoms with Gasteiger partial charge in [0, 0.05) is 13.2 Å². The van der Waals surface area contributed by atoms with Crippen LogP contribution in [0.25, 0.3) is 0 Å². The van der Waals surface area contributed by atoms with Gasteiger partial charge in [-0.25, -0.2) is 0 Å². The fraction of sp³-hybridized carbons (Fsp3) is 0.974. The molecule has 0 radical (unpaired) electrons. The lowest BCUT2D eigenvalue weighted by Crippen LogP contribution is -2.28. The van der Waals surface area contributed by atoms with Crippen LogP contribution in [-0.2, 0) is 14.3 Å². The monoisotopic (exact) mass is 581 g/mol. The summed E-state index contributed by atoms with van der Waals surface area (Å²) in [7, 11) is 0. The molecule has 0 aliphatic heterocycles. The van der Waals surface area contributed by atoms with Crippen molar-refractivity contribution in [1.29, 1.82) is 0 Å². The maximum atomic E-state index is 12.0. The van der Waals surface area contributed by atoms with Crippen molar-refractivity contribution in [2.24, 2.45) is 29.6 Å². The molecule has 0 saturated carbocycles. The molecule has 5 unspecified atom stereocenters. The first kappa shape index (κ1) is 40.6. The third-order valence-corrected chi connectivity index (χ3v) is 9.35. The zero-order valence-corrected chi connectivity index (χ0v) is 29.5. The molecule has 3 heteroatoms. The lowest BCUT2D eigenvalue weighted by Gasteiger charge is -2.18. The highest BCUT2D eigenvalue weighted by atomic mass is 16.5. The predicted molar refractivity (Wildman–Crippen MR) is 181 cm³/mol. The summed E-state index contributed by atoms with van der Waals surface area (Å²) < 4.78 is 11.8. The fourth-order valence-electron chi connectivity index (χ4n) is 5.78. The van der Waals surface area contributed by atoms with Crippen LogP contribution < -0.4 is 0 Å². The van der Waals surface area contributed by atoms with E-state index in [-0.39, 0.29) is 5.78 Å². The third-order valence-electron chi connectivity index (χ3n) is 9.35. The molecule has 0 aromatic rings. The van der Waals surface area contributed by atoms with Gasteiger partial charge in [-0.1, -0.05) is 164 Å².